The molecule has 168 valence electrons. The van der Waals surface area contributed by atoms with Crippen LogP contribution in [0.25, 0.3) is 0 Å². The number of anilines is 1. The number of aromatic amines is 1. The number of nitrogens with zero attached hydrogens (tertiary/aromatic N) is 3. The van der Waals surface area contributed by atoms with Crippen molar-refractivity contribution in [2.24, 2.45) is 0 Å². The number of carbonyl (C=O) groups excluding carboxylic acids is 1. The van der Waals surface area contributed by atoms with Gasteiger partial charge in [-0.1, -0.05) is 6.07 Å². The number of aromatic nitrogens is 1. The molecule has 0 spiro atoms. The van der Waals surface area contributed by atoms with Crippen molar-refractivity contribution in [2.45, 2.75) is 38.9 Å². The van der Waals surface area contributed by atoms with Crippen LogP contribution in [0, 0.1) is 13.8 Å². The van der Waals surface area contributed by atoms with E-state index >= 15 is 0 Å². The molecule has 0 radical (unpaired) electrons. The van der Waals surface area contributed by atoms with Gasteiger partial charge in [-0.05, 0) is 56.5 Å². The third-order valence-corrected chi connectivity index (χ3v) is 6.42. The largest absolute Gasteiger partial charge is 0.416 e. The fourth-order valence-electron chi connectivity index (χ4n) is 4.77. The van der Waals surface area contributed by atoms with Crippen molar-refractivity contribution in [1.82, 2.24) is 14.8 Å². The number of hydrogen-bond acceptors (Lipinski definition) is 3. The number of amides is 1. The van der Waals surface area contributed by atoms with Crippen LogP contribution in [0.4, 0.5) is 18.9 Å². The number of rotatable bonds is 3. The van der Waals surface area contributed by atoms with Gasteiger partial charge >= 0.3 is 6.18 Å². The van der Waals surface area contributed by atoms with Crippen LogP contribution in [-0.4, -0.2) is 66.0 Å². The molecule has 1 aromatic heterocycles. The summed E-state index contributed by atoms with van der Waals surface area (Å²) in [5.41, 5.74) is 2.64. The average molecular weight is 435 g/mol. The minimum atomic E-state index is -4.33. The van der Waals surface area contributed by atoms with E-state index in [1.54, 1.807) is 6.07 Å². The van der Waals surface area contributed by atoms with Crippen molar-refractivity contribution in [3.05, 3.63) is 52.8 Å². The van der Waals surface area contributed by atoms with E-state index in [1.165, 1.54) is 12.1 Å². The van der Waals surface area contributed by atoms with E-state index in [0.29, 0.717) is 31.0 Å². The van der Waals surface area contributed by atoms with Gasteiger partial charge in [0.1, 0.15) is 5.69 Å². The van der Waals surface area contributed by atoms with Gasteiger partial charge in [-0.15, -0.1) is 0 Å². The Hall–Kier alpha value is -2.48. The van der Waals surface area contributed by atoms with E-state index in [2.05, 4.69) is 9.88 Å². The normalized spacial score (nSPS) is 20.9. The van der Waals surface area contributed by atoms with Gasteiger partial charge in [0.05, 0.1) is 5.56 Å². The van der Waals surface area contributed by atoms with E-state index < -0.39 is 11.7 Å². The Kier molecular flexibility index (Phi) is 6.01. The van der Waals surface area contributed by atoms with Crippen molar-refractivity contribution in [3.63, 3.8) is 0 Å². The third-order valence-electron chi connectivity index (χ3n) is 6.42. The quantitative estimate of drug-likeness (QED) is 0.792. The molecule has 0 unspecified atom stereocenters. The first kappa shape index (κ1) is 21.7. The van der Waals surface area contributed by atoms with Gasteiger partial charge in [-0.2, -0.15) is 13.2 Å². The van der Waals surface area contributed by atoms with Gasteiger partial charge in [0.2, 0.25) is 0 Å². The highest BCUT2D eigenvalue weighted by Crippen LogP contribution is 2.32. The standard InChI is InChI=1S/C23H29F3N4O/c1-16-13-17(2)27-21(16)22(31)30-8-4-7-20(15-30)29-11-9-28(10-12-29)19-6-3-5-18(14-19)23(24,25)26/h3,5-6,13-14,20,27H,4,7-12,15H2,1-2H3/t20-/m1/s1. The van der Waals surface area contributed by atoms with Crippen molar-refractivity contribution in [3.8, 4) is 0 Å². The summed E-state index contributed by atoms with van der Waals surface area (Å²) in [7, 11) is 0. The number of carbonyl (C=O) groups is 1. The fraction of sp³-hybridized carbons (Fsp3) is 0.522. The molecule has 1 atom stereocenters. The Balaban J connectivity index is 1.37. The Labute approximate surface area is 180 Å². The van der Waals surface area contributed by atoms with Gasteiger partial charge in [0, 0.05) is 56.7 Å². The minimum absolute atomic E-state index is 0.0536. The SMILES string of the molecule is Cc1cc(C)c(C(=O)N2CCC[C@@H](N3CCN(c4cccc(C(F)(F)F)c4)CC3)C2)[nH]1. The number of benzene rings is 1. The molecule has 2 aromatic rings. The van der Waals surface area contributed by atoms with E-state index in [-0.39, 0.29) is 11.9 Å². The molecule has 1 aromatic carbocycles. The fourth-order valence-corrected chi connectivity index (χ4v) is 4.77. The van der Waals surface area contributed by atoms with Crippen molar-refractivity contribution >= 4 is 11.6 Å². The molecule has 2 aliphatic rings. The van der Waals surface area contributed by atoms with E-state index in [9.17, 15) is 18.0 Å². The zero-order valence-corrected chi connectivity index (χ0v) is 18.0. The summed E-state index contributed by atoms with van der Waals surface area (Å²) < 4.78 is 39.1. The Bertz CT molecular complexity index is 931. The summed E-state index contributed by atoms with van der Waals surface area (Å²) in [6.45, 7) is 8.28. The van der Waals surface area contributed by atoms with Gasteiger partial charge in [-0.25, -0.2) is 0 Å². The van der Waals surface area contributed by atoms with Crippen LogP contribution < -0.4 is 4.90 Å². The van der Waals surface area contributed by atoms with Gasteiger partial charge in [0.15, 0.2) is 0 Å². The highest BCUT2D eigenvalue weighted by Gasteiger charge is 2.33. The number of H-pyrrole nitrogens is 1. The molecule has 4 rings (SSSR count). The Morgan fingerprint density at radius 3 is 2.45 bits per heavy atom. The third kappa shape index (κ3) is 4.74. The van der Waals surface area contributed by atoms with Crippen LogP contribution in [0.2, 0.25) is 0 Å². The molecule has 1 amide bonds. The highest BCUT2D eigenvalue weighted by molar-refractivity contribution is 5.94. The van der Waals surface area contributed by atoms with Crippen LogP contribution >= 0.6 is 0 Å². The number of aryl methyl sites for hydroxylation is 2. The molecular formula is C23H29F3N4O. The van der Waals surface area contributed by atoms with Gasteiger partial charge in [0.25, 0.3) is 5.91 Å². The van der Waals surface area contributed by atoms with Crippen molar-refractivity contribution in [2.75, 3.05) is 44.2 Å². The molecule has 1 N–H and O–H groups in total. The molecule has 2 fully saturated rings. The molecule has 8 heteroatoms. The Morgan fingerprint density at radius 1 is 1.06 bits per heavy atom. The number of piperidine rings is 1. The molecular weight excluding hydrogens is 405 g/mol. The molecule has 0 bridgehead atoms. The van der Waals surface area contributed by atoms with Crippen LogP contribution in [-0.2, 0) is 6.18 Å². The highest BCUT2D eigenvalue weighted by atomic mass is 19.4. The summed E-state index contributed by atoms with van der Waals surface area (Å²) in [6.07, 6.45) is -2.33. The number of piperazine rings is 1. The molecule has 5 nitrogen and oxygen atoms in total. The predicted octanol–water partition coefficient (Wildman–Crippen LogP) is 4.08. The second-order valence-electron chi connectivity index (χ2n) is 8.63. The first-order chi connectivity index (χ1) is 14.7. The second kappa shape index (κ2) is 8.57. The number of halogens is 3. The van der Waals surface area contributed by atoms with Crippen LogP contribution in [0.15, 0.2) is 30.3 Å². The zero-order chi connectivity index (χ0) is 22.2. The lowest BCUT2D eigenvalue weighted by atomic mass is 10.0. The average Bonchev–Trinajstić information content (AvgIpc) is 3.11. The number of likely N-dealkylation sites (tertiary alicyclic amines) is 1. The Morgan fingerprint density at radius 2 is 1.81 bits per heavy atom. The van der Waals surface area contributed by atoms with E-state index in [0.717, 1.165) is 49.8 Å². The summed E-state index contributed by atoms with van der Waals surface area (Å²) in [5.74, 6) is 0.0536. The molecule has 3 heterocycles. The minimum Gasteiger partial charge on any atom is -0.369 e. The smallest absolute Gasteiger partial charge is 0.369 e. The monoisotopic (exact) mass is 434 g/mol. The summed E-state index contributed by atoms with van der Waals surface area (Å²) in [5, 5.41) is 0. The second-order valence-corrected chi connectivity index (χ2v) is 8.63. The van der Waals surface area contributed by atoms with Crippen LogP contribution in [0.5, 0.6) is 0 Å². The van der Waals surface area contributed by atoms with Crippen molar-refractivity contribution in [1.29, 1.82) is 0 Å². The lowest BCUT2D eigenvalue weighted by molar-refractivity contribution is -0.137. The lowest BCUT2D eigenvalue weighted by Crippen LogP contribution is -2.56. The maximum atomic E-state index is 13.0. The van der Waals surface area contributed by atoms with E-state index in [4.69, 9.17) is 0 Å². The number of alkyl halides is 3. The molecule has 0 aliphatic carbocycles. The number of nitrogens with one attached hydrogen (secondary N) is 1. The lowest BCUT2D eigenvalue weighted by Gasteiger charge is -2.44. The maximum absolute atomic E-state index is 13.0. The van der Waals surface area contributed by atoms with Crippen LogP contribution in [0.3, 0.4) is 0 Å². The maximum Gasteiger partial charge on any atom is 0.416 e. The molecule has 0 saturated carbocycles. The first-order valence-corrected chi connectivity index (χ1v) is 10.8. The van der Waals surface area contributed by atoms with Crippen LogP contribution in [0.1, 0.15) is 40.2 Å². The summed E-state index contributed by atoms with van der Waals surface area (Å²) in [4.78, 5) is 22.5. The molecule has 2 aliphatic heterocycles. The first-order valence-electron chi connectivity index (χ1n) is 10.8. The molecule has 31 heavy (non-hydrogen) atoms. The van der Waals surface area contributed by atoms with Gasteiger partial charge in [-0.3, -0.25) is 9.69 Å². The van der Waals surface area contributed by atoms with Crippen molar-refractivity contribution < 1.29 is 18.0 Å². The zero-order valence-electron chi connectivity index (χ0n) is 18.0. The predicted molar refractivity (Wildman–Crippen MR) is 114 cm³/mol. The topological polar surface area (TPSA) is 42.6 Å². The molecule has 2 saturated heterocycles. The van der Waals surface area contributed by atoms with Gasteiger partial charge < -0.3 is 14.8 Å². The van der Waals surface area contributed by atoms with E-state index in [1.807, 2.05) is 29.7 Å². The summed E-state index contributed by atoms with van der Waals surface area (Å²) >= 11 is 0. The summed E-state index contributed by atoms with van der Waals surface area (Å²) in [6, 6.07) is 7.84. The number of hydrogen-bond donors (Lipinski definition) is 1.